The topological polar surface area (TPSA) is 12.9 Å². The van der Waals surface area contributed by atoms with E-state index in [4.69, 9.17) is 18.5 Å². The summed E-state index contributed by atoms with van der Waals surface area (Å²) in [6, 6.07) is -0.224. The van der Waals surface area contributed by atoms with Crippen LogP contribution in [0.5, 0.6) is 0 Å². The number of aryl methyl sites for hydroxylation is 1. The second kappa shape index (κ2) is 2.67. The van der Waals surface area contributed by atoms with Gasteiger partial charge in [0, 0.05) is 14.8 Å². The Labute approximate surface area is 74.2 Å². The maximum Gasteiger partial charge on any atom is 0.0856 e. The van der Waals surface area contributed by atoms with Gasteiger partial charge in [-0.3, -0.25) is 4.98 Å². The maximum atomic E-state index is 7.42. The summed E-state index contributed by atoms with van der Waals surface area (Å²) in [7, 11) is 0. The predicted molar refractivity (Wildman–Crippen MR) is 41.7 cm³/mol. The van der Waals surface area contributed by atoms with E-state index in [1.54, 1.807) is 0 Å². The lowest BCUT2D eigenvalue weighted by molar-refractivity contribution is 1.18. The molecule has 0 N–H and O–H groups in total. The molecule has 0 aromatic carbocycles. The smallest absolute Gasteiger partial charge is 0.0856 e. The van der Waals surface area contributed by atoms with Crippen molar-refractivity contribution in [1.82, 2.24) is 4.98 Å². The van der Waals surface area contributed by atoms with Gasteiger partial charge in [-0.05, 0) is 28.8 Å². The number of rotatable bonds is 0. The highest BCUT2D eigenvalue weighted by Crippen LogP contribution is 2.17. The Bertz CT molecular complexity index is 377. The van der Waals surface area contributed by atoms with E-state index in [-0.39, 0.29) is 21.2 Å². The Hall–Kier alpha value is -0.0800. The number of nitrogens with zero attached hydrogens (tertiary/aromatic N) is 1. The molecule has 0 saturated heterocycles. The van der Waals surface area contributed by atoms with E-state index in [9.17, 15) is 0 Å². The minimum Gasteiger partial charge on any atom is -0.259 e. The van der Waals surface area contributed by atoms with Crippen LogP contribution >= 0.6 is 27.5 Å². The monoisotopic (exact) mass is 210 g/mol. The van der Waals surface area contributed by atoms with Crippen molar-refractivity contribution in [3.63, 3.8) is 0 Å². The van der Waals surface area contributed by atoms with Crippen molar-refractivity contribution < 1.29 is 6.85 Å². The van der Waals surface area contributed by atoms with Crippen LogP contribution in [0.25, 0.3) is 0 Å². The van der Waals surface area contributed by atoms with Crippen LogP contribution in [0, 0.1) is 6.85 Å². The lowest BCUT2D eigenvalue weighted by atomic mass is 10.4. The van der Waals surface area contributed by atoms with Gasteiger partial charge in [0.25, 0.3) is 0 Å². The Morgan fingerprint density at radius 3 is 3.44 bits per heavy atom. The van der Waals surface area contributed by atoms with Crippen molar-refractivity contribution >= 4 is 27.5 Å². The van der Waals surface area contributed by atoms with Crippen LogP contribution in [-0.2, 0) is 0 Å². The minimum atomic E-state index is -2.45. The van der Waals surface area contributed by atoms with Crippen molar-refractivity contribution in [2.75, 3.05) is 0 Å². The Kier molecular flexibility index (Phi) is 0.856. The number of halogens is 2. The average Bonchev–Trinajstić information content (AvgIpc) is 2.06. The van der Waals surface area contributed by atoms with E-state index in [1.807, 2.05) is 0 Å². The first-order chi connectivity index (χ1) is 6.25. The minimum absolute atomic E-state index is 0.0125. The maximum absolute atomic E-state index is 7.42. The zero-order valence-corrected chi connectivity index (χ0v) is 6.55. The zero-order valence-electron chi connectivity index (χ0n) is 9.20. The van der Waals surface area contributed by atoms with Gasteiger partial charge in [-0.1, -0.05) is 11.6 Å². The van der Waals surface area contributed by atoms with E-state index < -0.39 is 13.0 Å². The van der Waals surface area contributed by atoms with Gasteiger partial charge in [0.05, 0.1) is 13.5 Å². The molecule has 0 bridgehead atoms. The third kappa shape index (κ3) is 1.66. The first-order valence-electron chi connectivity index (χ1n) is 4.58. The van der Waals surface area contributed by atoms with Crippen LogP contribution in [0.2, 0.25) is 5.02 Å². The quantitative estimate of drug-likeness (QED) is 0.643. The van der Waals surface area contributed by atoms with Gasteiger partial charge in [-0.25, -0.2) is 0 Å². The highest BCUT2D eigenvalue weighted by molar-refractivity contribution is 9.10. The standard InChI is InChI=1S/C6H5BrClN/c1-4-6(7)2-5(8)3-9-4/h2-3H,1H3/i1D3,2D,3D. The molecular formula is C6H5BrClN. The molecule has 1 heterocycles. The van der Waals surface area contributed by atoms with Gasteiger partial charge in [0.1, 0.15) is 0 Å². The molecule has 1 aromatic rings. The molecule has 0 saturated carbocycles. The molecule has 0 aliphatic rings. The van der Waals surface area contributed by atoms with Crippen molar-refractivity contribution in [1.29, 1.82) is 0 Å². The molecule has 0 aliphatic carbocycles. The first-order valence-corrected chi connectivity index (χ1v) is 3.25. The van der Waals surface area contributed by atoms with Gasteiger partial charge in [-0.2, -0.15) is 0 Å². The van der Waals surface area contributed by atoms with Crippen LogP contribution in [0.15, 0.2) is 16.7 Å². The summed E-state index contributed by atoms with van der Waals surface area (Å²) in [5.41, 5.74) is -0.308. The molecule has 1 nitrogen and oxygen atoms in total. The molecule has 48 valence electrons. The summed E-state index contributed by atoms with van der Waals surface area (Å²) in [5, 5.41) is -0.162. The number of pyridine rings is 1. The van der Waals surface area contributed by atoms with Crippen molar-refractivity contribution in [2.24, 2.45) is 0 Å². The van der Waals surface area contributed by atoms with E-state index >= 15 is 0 Å². The summed E-state index contributed by atoms with van der Waals surface area (Å²) < 4.78 is 36.0. The van der Waals surface area contributed by atoms with Gasteiger partial charge in [0.15, 0.2) is 0 Å². The highest BCUT2D eigenvalue weighted by atomic mass is 79.9. The van der Waals surface area contributed by atoms with Crippen molar-refractivity contribution in [2.45, 2.75) is 6.85 Å². The molecule has 0 radical (unpaired) electrons. The second-order valence-corrected chi connectivity index (χ2v) is 2.50. The molecule has 3 heteroatoms. The van der Waals surface area contributed by atoms with Gasteiger partial charge in [-0.15, -0.1) is 0 Å². The van der Waals surface area contributed by atoms with Crippen LogP contribution in [-0.4, -0.2) is 4.98 Å². The predicted octanol–water partition coefficient (Wildman–Crippen LogP) is 2.81. The van der Waals surface area contributed by atoms with E-state index in [2.05, 4.69) is 20.9 Å². The van der Waals surface area contributed by atoms with Crippen LogP contribution in [0.4, 0.5) is 0 Å². The van der Waals surface area contributed by atoms with Crippen molar-refractivity contribution in [3.8, 4) is 0 Å². The van der Waals surface area contributed by atoms with Gasteiger partial charge in [0.2, 0.25) is 0 Å². The Balaban J connectivity index is 3.49. The SMILES string of the molecule is [2H]c1nc(C([2H])([2H])[2H])c(Br)c([2H])c1Cl. The molecule has 0 unspecified atom stereocenters. The van der Waals surface area contributed by atoms with Gasteiger partial charge >= 0.3 is 0 Å². The fourth-order valence-corrected chi connectivity index (χ4v) is 0.875. The third-order valence-electron chi connectivity index (χ3n) is 0.693. The summed E-state index contributed by atoms with van der Waals surface area (Å²) in [6.07, 6.45) is -0.397. The normalized spacial score (nSPS) is 19.1. The molecule has 1 aromatic heterocycles. The molecule has 0 amide bonds. The Morgan fingerprint density at radius 2 is 2.78 bits per heavy atom. The molecule has 1 rings (SSSR count). The lowest BCUT2D eigenvalue weighted by Gasteiger charge is -1.94. The molecular weight excluding hydrogens is 201 g/mol. The van der Waals surface area contributed by atoms with Crippen LogP contribution in [0.1, 0.15) is 12.5 Å². The number of hydrogen-bond donors (Lipinski definition) is 0. The third-order valence-corrected chi connectivity index (χ3v) is 1.45. The van der Waals surface area contributed by atoms with Crippen LogP contribution in [0.3, 0.4) is 0 Å². The average molecular weight is 212 g/mol. The number of aromatic nitrogens is 1. The van der Waals surface area contributed by atoms with E-state index in [0.717, 1.165) is 0 Å². The van der Waals surface area contributed by atoms with E-state index in [0.29, 0.717) is 0 Å². The lowest BCUT2D eigenvalue weighted by Crippen LogP contribution is -1.79. The highest BCUT2D eigenvalue weighted by Gasteiger charge is 1.93. The molecule has 0 fully saturated rings. The largest absolute Gasteiger partial charge is 0.259 e. The fourth-order valence-electron chi connectivity index (χ4n) is 0.338. The zero-order chi connectivity index (χ0) is 11.1. The molecule has 0 atom stereocenters. The summed E-state index contributed by atoms with van der Waals surface area (Å²) in [5.74, 6) is 0. The molecule has 9 heavy (non-hydrogen) atoms. The Morgan fingerprint density at radius 1 is 2.00 bits per heavy atom. The fraction of sp³-hybridized carbons (Fsp3) is 0.167. The van der Waals surface area contributed by atoms with Crippen LogP contribution < -0.4 is 0 Å². The second-order valence-electron chi connectivity index (χ2n) is 1.33. The summed E-state index contributed by atoms with van der Waals surface area (Å²) >= 11 is 8.48. The van der Waals surface area contributed by atoms with Crippen molar-refractivity contribution in [3.05, 3.63) is 27.4 Å². The number of hydrogen-bond acceptors (Lipinski definition) is 1. The van der Waals surface area contributed by atoms with Gasteiger partial charge < -0.3 is 0 Å². The first kappa shape index (κ1) is 2.89. The summed E-state index contributed by atoms with van der Waals surface area (Å²) in [6.45, 7) is -2.45. The molecule has 0 spiro atoms. The summed E-state index contributed by atoms with van der Waals surface area (Å²) in [4.78, 5) is 3.51. The van der Waals surface area contributed by atoms with E-state index in [1.165, 1.54) is 0 Å². The molecule has 0 aliphatic heterocycles.